The highest BCUT2D eigenvalue weighted by Crippen LogP contribution is 2.20. The fourth-order valence-corrected chi connectivity index (χ4v) is 1.88. The van der Waals surface area contributed by atoms with E-state index in [9.17, 15) is 0 Å². The van der Waals surface area contributed by atoms with Gasteiger partial charge in [0.05, 0.1) is 0 Å². The number of benzene rings is 1. The number of anilines is 1. The molecule has 1 heterocycles. The number of hydrogen-bond acceptors (Lipinski definition) is 3. The van der Waals surface area contributed by atoms with Crippen molar-refractivity contribution in [1.29, 1.82) is 0 Å². The second-order valence-electron chi connectivity index (χ2n) is 4.36. The van der Waals surface area contributed by atoms with Gasteiger partial charge in [-0.15, -0.1) is 0 Å². The molecule has 0 amide bonds. The second kappa shape index (κ2) is 6.53. The maximum atomic E-state index is 5.90. The predicted molar refractivity (Wildman–Crippen MR) is 80.6 cm³/mol. The number of aromatic nitrogens is 2. The monoisotopic (exact) mass is 275 g/mol. The highest BCUT2D eigenvalue weighted by molar-refractivity contribution is 6.30. The summed E-state index contributed by atoms with van der Waals surface area (Å²) in [6, 6.07) is 9.62. The lowest BCUT2D eigenvalue weighted by molar-refractivity contribution is 0.951. The van der Waals surface area contributed by atoms with Crippen LogP contribution < -0.4 is 5.32 Å². The Morgan fingerprint density at radius 2 is 1.84 bits per heavy atom. The van der Waals surface area contributed by atoms with E-state index < -0.39 is 0 Å². The number of halogens is 1. The molecular weight excluding hydrogens is 258 g/mol. The molecule has 0 fully saturated rings. The van der Waals surface area contributed by atoms with Crippen LogP contribution in [0.5, 0.6) is 0 Å². The van der Waals surface area contributed by atoms with Crippen molar-refractivity contribution in [1.82, 2.24) is 9.97 Å². The van der Waals surface area contributed by atoms with Crippen molar-refractivity contribution in [3.05, 3.63) is 41.0 Å². The van der Waals surface area contributed by atoms with Gasteiger partial charge in [0.25, 0.3) is 0 Å². The zero-order valence-electron chi connectivity index (χ0n) is 11.3. The van der Waals surface area contributed by atoms with E-state index in [1.807, 2.05) is 30.3 Å². The molecule has 0 aliphatic heterocycles. The van der Waals surface area contributed by atoms with Crippen LogP contribution in [0.15, 0.2) is 30.3 Å². The number of hydrogen-bond donors (Lipinski definition) is 1. The second-order valence-corrected chi connectivity index (χ2v) is 4.79. The van der Waals surface area contributed by atoms with Crippen molar-refractivity contribution in [3.8, 4) is 11.4 Å². The molecule has 1 N–H and O–H groups in total. The maximum absolute atomic E-state index is 5.90. The Balaban J connectivity index is 2.35. The molecule has 0 aliphatic carbocycles. The molecule has 0 radical (unpaired) electrons. The van der Waals surface area contributed by atoms with E-state index in [-0.39, 0.29) is 0 Å². The smallest absolute Gasteiger partial charge is 0.161 e. The summed E-state index contributed by atoms with van der Waals surface area (Å²) in [6.07, 6.45) is 1.96. The highest BCUT2D eigenvalue weighted by Gasteiger charge is 2.06. The first-order valence-corrected chi connectivity index (χ1v) is 6.98. The van der Waals surface area contributed by atoms with Gasteiger partial charge in [-0.25, -0.2) is 9.97 Å². The van der Waals surface area contributed by atoms with Gasteiger partial charge < -0.3 is 5.32 Å². The lowest BCUT2D eigenvalue weighted by atomic mass is 10.2. The molecule has 1 aromatic heterocycles. The van der Waals surface area contributed by atoms with E-state index in [4.69, 9.17) is 11.6 Å². The van der Waals surface area contributed by atoms with Gasteiger partial charge in [-0.1, -0.05) is 25.4 Å². The molecule has 2 rings (SSSR count). The summed E-state index contributed by atoms with van der Waals surface area (Å²) in [7, 11) is 0. The highest BCUT2D eigenvalue weighted by atomic mass is 35.5. The summed E-state index contributed by atoms with van der Waals surface area (Å²) in [5.74, 6) is 1.63. The number of rotatable bonds is 5. The van der Waals surface area contributed by atoms with Crippen LogP contribution in [0.2, 0.25) is 5.02 Å². The first-order chi connectivity index (χ1) is 9.22. The molecule has 0 bridgehead atoms. The van der Waals surface area contributed by atoms with Crippen LogP contribution in [0, 0.1) is 0 Å². The van der Waals surface area contributed by atoms with Crippen molar-refractivity contribution in [2.75, 3.05) is 11.9 Å². The van der Waals surface area contributed by atoms with E-state index in [0.717, 1.165) is 47.3 Å². The number of aryl methyl sites for hydroxylation is 1. The predicted octanol–water partition coefficient (Wildman–Crippen LogP) is 4.18. The largest absolute Gasteiger partial charge is 0.370 e. The molecule has 0 unspecified atom stereocenters. The molecule has 0 atom stereocenters. The van der Waals surface area contributed by atoms with Gasteiger partial charge in [-0.3, -0.25) is 0 Å². The minimum atomic E-state index is 0.722. The van der Waals surface area contributed by atoms with Crippen LogP contribution in [0.1, 0.15) is 26.0 Å². The maximum Gasteiger partial charge on any atom is 0.161 e. The van der Waals surface area contributed by atoms with Crippen LogP contribution in [-0.4, -0.2) is 16.5 Å². The Labute approximate surface area is 119 Å². The molecule has 19 heavy (non-hydrogen) atoms. The normalized spacial score (nSPS) is 10.5. The van der Waals surface area contributed by atoms with E-state index in [2.05, 4.69) is 29.1 Å². The van der Waals surface area contributed by atoms with Gasteiger partial charge in [0.2, 0.25) is 0 Å². The zero-order chi connectivity index (χ0) is 13.7. The van der Waals surface area contributed by atoms with Gasteiger partial charge in [0, 0.05) is 28.9 Å². The molecule has 1 aromatic carbocycles. The third kappa shape index (κ3) is 3.67. The Morgan fingerprint density at radius 1 is 1.11 bits per heavy atom. The van der Waals surface area contributed by atoms with Crippen LogP contribution >= 0.6 is 11.6 Å². The fourth-order valence-electron chi connectivity index (χ4n) is 1.75. The van der Waals surface area contributed by atoms with Crippen molar-refractivity contribution in [3.63, 3.8) is 0 Å². The molecule has 0 aliphatic rings. The SMILES string of the molecule is CCCNc1cc(CC)nc(-c2ccc(Cl)cc2)n1. The molecular formula is C15H18ClN3. The average Bonchev–Trinajstić information content (AvgIpc) is 2.45. The Morgan fingerprint density at radius 3 is 2.47 bits per heavy atom. The van der Waals surface area contributed by atoms with Crippen molar-refractivity contribution >= 4 is 17.4 Å². The Bertz CT molecular complexity index is 538. The summed E-state index contributed by atoms with van der Waals surface area (Å²) < 4.78 is 0. The van der Waals surface area contributed by atoms with E-state index in [1.165, 1.54) is 0 Å². The van der Waals surface area contributed by atoms with Crippen LogP contribution in [0.3, 0.4) is 0 Å². The molecule has 2 aromatic rings. The summed E-state index contributed by atoms with van der Waals surface area (Å²) in [5.41, 5.74) is 2.03. The van der Waals surface area contributed by atoms with Crippen molar-refractivity contribution < 1.29 is 0 Å². The van der Waals surface area contributed by atoms with E-state index in [0.29, 0.717) is 0 Å². The van der Waals surface area contributed by atoms with E-state index in [1.54, 1.807) is 0 Å². The first-order valence-electron chi connectivity index (χ1n) is 6.60. The minimum absolute atomic E-state index is 0.722. The Kier molecular flexibility index (Phi) is 4.74. The molecule has 4 heteroatoms. The van der Waals surface area contributed by atoms with Crippen molar-refractivity contribution in [2.24, 2.45) is 0 Å². The van der Waals surface area contributed by atoms with Gasteiger partial charge in [-0.05, 0) is 37.1 Å². The van der Waals surface area contributed by atoms with Crippen LogP contribution in [0.4, 0.5) is 5.82 Å². The molecule has 0 saturated heterocycles. The third-order valence-electron chi connectivity index (χ3n) is 2.80. The fraction of sp³-hybridized carbons (Fsp3) is 0.333. The molecule has 100 valence electrons. The summed E-state index contributed by atoms with van der Waals surface area (Å²) in [4.78, 5) is 9.12. The number of nitrogens with zero attached hydrogens (tertiary/aromatic N) is 2. The van der Waals surface area contributed by atoms with Crippen LogP contribution in [0.25, 0.3) is 11.4 Å². The minimum Gasteiger partial charge on any atom is -0.370 e. The standard InChI is InChI=1S/C15H18ClN3/c1-3-9-17-14-10-13(4-2)18-15(19-14)11-5-7-12(16)8-6-11/h5-8,10H,3-4,9H2,1-2H3,(H,17,18,19). The summed E-state index contributed by atoms with van der Waals surface area (Å²) in [6.45, 7) is 5.15. The topological polar surface area (TPSA) is 37.8 Å². The van der Waals surface area contributed by atoms with Gasteiger partial charge in [0.1, 0.15) is 5.82 Å². The summed E-state index contributed by atoms with van der Waals surface area (Å²) >= 11 is 5.90. The van der Waals surface area contributed by atoms with Gasteiger partial charge >= 0.3 is 0 Å². The average molecular weight is 276 g/mol. The van der Waals surface area contributed by atoms with Gasteiger partial charge in [-0.2, -0.15) is 0 Å². The first kappa shape index (κ1) is 13.8. The molecule has 0 spiro atoms. The van der Waals surface area contributed by atoms with E-state index >= 15 is 0 Å². The summed E-state index contributed by atoms with van der Waals surface area (Å²) in [5, 5.41) is 4.04. The zero-order valence-corrected chi connectivity index (χ0v) is 12.0. The van der Waals surface area contributed by atoms with Crippen LogP contribution in [-0.2, 0) is 6.42 Å². The molecule has 3 nitrogen and oxygen atoms in total. The number of nitrogens with one attached hydrogen (secondary N) is 1. The quantitative estimate of drug-likeness (QED) is 0.889. The lowest BCUT2D eigenvalue weighted by Crippen LogP contribution is -2.05. The van der Waals surface area contributed by atoms with Gasteiger partial charge in [0.15, 0.2) is 5.82 Å². The molecule has 0 saturated carbocycles. The third-order valence-corrected chi connectivity index (χ3v) is 3.05. The van der Waals surface area contributed by atoms with Crippen molar-refractivity contribution in [2.45, 2.75) is 26.7 Å². The Hall–Kier alpha value is -1.61. The lowest BCUT2D eigenvalue weighted by Gasteiger charge is -2.08.